The van der Waals surface area contributed by atoms with Crippen molar-refractivity contribution in [3.8, 4) is 0 Å². The van der Waals surface area contributed by atoms with Crippen molar-refractivity contribution >= 4 is 5.91 Å². The Morgan fingerprint density at radius 3 is 2.38 bits per heavy atom. The van der Waals surface area contributed by atoms with Crippen LogP contribution in [-0.4, -0.2) is 48.3 Å². The third-order valence-electron chi connectivity index (χ3n) is 1.70. The van der Waals surface area contributed by atoms with E-state index in [0.29, 0.717) is 6.54 Å². The molecule has 4 heteroatoms. The van der Waals surface area contributed by atoms with Crippen molar-refractivity contribution in [1.29, 1.82) is 0 Å². The normalized spacial score (nSPS) is 14.0. The summed E-state index contributed by atoms with van der Waals surface area (Å²) in [6.45, 7) is 5.31. The van der Waals surface area contributed by atoms with Crippen LogP contribution in [0, 0.1) is 0 Å². The van der Waals surface area contributed by atoms with Crippen LogP contribution in [0.2, 0.25) is 0 Å². The third-order valence-corrected chi connectivity index (χ3v) is 1.70. The highest BCUT2D eigenvalue weighted by atomic mass is 16.5. The minimum atomic E-state index is -0.863. The fourth-order valence-electron chi connectivity index (χ4n) is 1.07. The second-order valence-electron chi connectivity index (χ2n) is 3.88. The summed E-state index contributed by atoms with van der Waals surface area (Å²) in [6.07, 6.45) is -0.452. The van der Waals surface area contributed by atoms with E-state index < -0.39 is 11.7 Å². The molecule has 0 heterocycles. The maximum atomic E-state index is 11.4. The van der Waals surface area contributed by atoms with Crippen molar-refractivity contribution in [2.45, 2.75) is 32.5 Å². The van der Waals surface area contributed by atoms with E-state index in [9.17, 15) is 9.90 Å². The fourth-order valence-corrected chi connectivity index (χ4v) is 1.07. The van der Waals surface area contributed by atoms with E-state index in [4.69, 9.17) is 4.74 Å². The highest BCUT2D eigenvalue weighted by Crippen LogP contribution is 2.05. The Bertz CT molecular complexity index is 174. The molecule has 0 saturated carbocycles. The number of hydrogen-bond donors (Lipinski definition) is 1. The van der Waals surface area contributed by atoms with Crippen LogP contribution < -0.4 is 0 Å². The monoisotopic (exact) mass is 189 g/mol. The van der Waals surface area contributed by atoms with Gasteiger partial charge in [-0.1, -0.05) is 0 Å². The van der Waals surface area contributed by atoms with E-state index >= 15 is 0 Å². The molecule has 0 aliphatic rings. The van der Waals surface area contributed by atoms with Crippen LogP contribution in [0.4, 0.5) is 0 Å². The molecular weight excluding hydrogens is 170 g/mol. The molecule has 1 amide bonds. The van der Waals surface area contributed by atoms with Gasteiger partial charge in [0.25, 0.3) is 5.91 Å². The number of amides is 1. The Morgan fingerprint density at radius 2 is 2.08 bits per heavy atom. The van der Waals surface area contributed by atoms with Gasteiger partial charge in [0, 0.05) is 20.7 Å². The van der Waals surface area contributed by atoms with Gasteiger partial charge in [0.05, 0.1) is 5.60 Å². The number of carbonyl (C=O) groups excluding carboxylic acids is 1. The molecule has 0 aromatic heterocycles. The number of hydrogen-bond acceptors (Lipinski definition) is 3. The highest BCUT2D eigenvalue weighted by molar-refractivity contribution is 5.80. The predicted octanol–water partition coefficient (Wildman–Crippen LogP) is 0.251. The van der Waals surface area contributed by atoms with Gasteiger partial charge >= 0.3 is 0 Å². The molecule has 0 rings (SSSR count). The molecule has 1 atom stereocenters. The molecule has 0 spiro atoms. The molecule has 0 aromatic rings. The second-order valence-corrected chi connectivity index (χ2v) is 3.88. The fraction of sp³-hybridized carbons (Fsp3) is 0.889. The van der Waals surface area contributed by atoms with Gasteiger partial charge in [-0.05, 0) is 20.8 Å². The zero-order valence-corrected chi connectivity index (χ0v) is 9.00. The van der Waals surface area contributed by atoms with Crippen molar-refractivity contribution < 1.29 is 14.6 Å². The van der Waals surface area contributed by atoms with Gasteiger partial charge in [-0.2, -0.15) is 0 Å². The van der Waals surface area contributed by atoms with Gasteiger partial charge in [-0.15, -0.1) is 0 Å². The number of carbonyl (C=O) groups is 1. The molecule has 13 heavy (non-hydrogen) atoms. The Balaban J connectivity index is 4.12. The second kappa shape index (κ2) is 4.58. The first-order chi connectivity index (χ1) is 5.78. The number of ether oxygens (including phenoxy) is 1. The summed E-state index contributed by atoms with van der Waals surface area (Å²) in [4.78, 5) is 12.9. The Labute approximate surface area is 79.5 Å². The molecule has 78 valence electrons. The molecule has 0 aliphatic carbocycles. The lowest BCUT2D eigenvalue weighted by molar-refractivity contribution is -0.142. The smallest absolute Gasteiger partial charge is 0.251 e. The zero-order valence-electron chi connectivity index (χ0n) is 9.00. The Hall–Kier alpha value is -0.610. The first kappa shape index (κ1) is 12.4. The summed E-state index contributed by atoms with van der Waals surface area (Å²) < 4.78 is 4.87. The minimum Gasteiger partial charge on any atom is -0.389 e. The average Bonchev–Trinajstić information content (AvgIpc) is 1.98. The number of nitrogens with zero attached hydrogens (tertiary/aromatic N) is 1. The van der Waals surface area contributed by atoms with Gasteiger partial charge < -0.3 is 14.7 Å². The van der Waals surface area contributed by atoms with Gasteiger partial charge in [0.1, 0.15) is 6.10 Å². The van der Waals surface area contributed by atoms with E-state index in [0.717, 1.165) is 0 Å². The lowest BCUT2D eigenvalue weighted by Crippen LogP contribution is -2.43. The zero-order chi connectivity index (χ0) is 10.6. The number of rotatable bonds is 4. The van der Waals surface area contributed by atoms with Crippen LogP contribution in [0.25, 0.3) is 0 Å². The van der Waals surface area contributed by atoms with E-state index in [-0.39, 0.29) is 5.91 Å². The Kier molecular flexibility index (Phi) is 4.36. The van der Waals surface area contributed by atoms with Gasteiger partial charge in [-0.3, -0.25) is 4.79 Å². The minimum absolute atomic E-state index is 0.121. The van der Waals surface area contributed by atoms with Crippen LogP contribution >= 0.6 is 0 Å². The summed E-state index contributed by atoms with van der Waals surface area (Å²) in [6, 6.07) is 0. The average molecular weight is 189 g/mol. The lowest BCUT2D eigenvalue weighted by Gasteiger charge is -2.27. The topological polar surface area (TPSA) is 49.8 Å². The van der Waals surface area contributed by atoms with Crippen molar-refractivity contribution in [2.75, 3.05) is 20.7 Å². The lowest BCUT2D eigenvalue weighted by atomic mass is 10.1. The summed E-state index contributed by atoms with van der Waals surface area (Å²) in [5, 5.41) is 9.46. The molecule has 0 aromatic carbocycles. The van der Waals surface area contributed by atoms with Crippen LogP contribution in [0.15, 0.2) is 0 Å². The summed E-state index contributed by atoms with van der Waals surface area (Å²) in [5.41, 5.74) is -0.863. The highest BCUT2D eigenvalue weighted by Gasteiger charge is 2.22. The molecule has 0 aliphatic heterocycles. The predicted molar refractivity (Wildman–Crippen MR) is 50.4 cm³/mol. The summed E-state index contributed by atoms with van der Waals surface area (Å²) >= 11 is 0. The Morgan fingerprint density at radius 1 is 1.62 bits per heavy atom. The third kappa shape index (κ3) is 4.85. The molecule has 0 bridgehead atoms. The standard InChI is InChI=1S/C9H19NO3/c1-7(13-5)8(11)10(4)6-9(2,3)12/h7,12H,6H2,1-5H3. The van der Waals surface area contributed by atoms with Crippen LogP contribution in [0.1, 0.15) is 20.8 Å². The van der Waals surface area contributed by atoms with Crippen LogP contribution in [0.3, 0.4) is 0 Å². The van der Waals surface area contributed by atoms with E-state index in [1.807, 2.05) is 0 Å². The van der Waals surface area contributed by atoms with Crippen molar-refractivity contribution in [3.05, 3.63) is 0 Å². The van der Waals surface area contributed by atoms with E-state index in [1.54, 1.807) is 27.8 Å². The van der Waals surface area contributed by atoms with Crippen LogP contribution in [0.5, 0.6) is 0 Å². The molecule has 1 unspecified atom stereocenters. The SMILES string of the molecule is COC(C)C(=O)N(C)CC(C)(C)O. The maximum Gasteiger partial charge on any atom is 0.251 e. The quantitative estimate of drug-likeness (QED) is 0.689. The van der Waals surface area contributed by atoms with E-state index in [2.05, 4.69) is 0 Å². The molecule has 4 nitrogen and oxygen atoms in total. The van der Waals surface area contributed by atoms with E-state index in [1.165, 1.54) is 12.0 Å². The van der Waals surface area contributed by atoms with Crippen LogP contribution in [-0.2, 0) is 9.53 Å². The van der Waals surface area contributed by atoms with Gasteiger partial charge in [0.2, 0.25) is 0 Å². The van der Waals surface area contributed by atoms with Crippen molar-refractivity contribution in [3.63, 3.8) is 0 Å². The molecule has 1 N–H and O–H groups in total. The van der Waals surface area contributed by atoms with Gasteiger partial charge in [0.15, 0.2) is 0 Å². The molecular formula is C9H19NO3. The van der Waals surface area contributed by atoms with Crippen molar-refractivity contribution in [2.24, 2.45) is 0 Å². The summed E-state index contributed by atoms with van der Waals surface area (Å²) in [7, 11) is 3.14. The maximum absolute atomic E-state index is 11.4. The van der Waals surface area contributed by atoms with Crippen molar-refractivity contribution in [1.82, 2.24) is 4.90 Å². The number of methoxy groups -OCH3 is 1. The molecule has 0 fully saturated rings. The van der Waals surface area contributed by atoms with Gasteiger partial charge in [-0.25, -0.2) is 0 Å². The first-order valence-electron chi connectivity index (χ1n) is 4.28. The molecule has 0 saturated heterocycles. The number of likely N-dealkylation sites (N-methyl/N-ethyl adjacent to an activating group) is 1. The first-order valence-corrected chi connectivity index (χ1v) is 4.28. The molecule has 0 radical (unpaired) electrons. The number of aliphatic hydroxyl groups is 1. The largest absolute Gasteiger partial charge is 0.389 e. The summed E-state index contributed by atoms with van der Waals surface area (Å²) in [5.74, 6) is -0.121.